The van der Waals surface area contributed by atoms with Crippen LogP contribution in [-0.4, -0.2) is 33.9 Å². The Labute approximate surface area is 213 Å². The van der Waals surface area contributed by atoms with Crippen molar-refractivity contribution >= 4 is 28.1 Å². The van der Waals surface area contributed by atoms with Crippen molar-refractivity contribution in [3.63, 3.8) is 0 Å². The van der Waals surface area contributed by atoms with E-state index in [1.165, 1.54) is 6.07 Å². The van der Waals surface area contributed by atoms with E-state index in [1.54, 1.807) is 33.9 Å². The van der Waals surface area contributed by atoms with Crippen LogP contribution in [0.4, 0.5) is 13.2 Å². The van der Waals surface area contributed by atoms with Gasteiger partial charge in [0.2, 0.25) is 0 Å². The second kappa shape index (κ2) is 11.2. The number of carbonyl (C=O) groups is 1. The molecule has 8 heteroatoms. The number of halogens is 3. The lowest BCUT2D eigenvalue weighted by atomic mass is 9.86. The number of carboxylic acid groups (broad SMARTS) is 1. The number of pyridine rings is 1. The normalized spacial score (nSPS) is 12.2. The summed E-state index contributed by atoms with van der Waals surface area (Å²) in [5.74, 6) is -1.53. The third-order valence-corrected chi connectivity index (χ3v) is 5.82. The van der Waals surface area contributed by atoms with E-state index in [0.717, 1.165) is 40.3 Å². The van der Waals surface area contributed by atoms with Crippen molar-refractivity contribution in [2.45, 2.75) is 53.1 Å². The van der Waals surface area contributed by atoms with Gasteiger partial charge in [0.15, 0.2) is 0 Å². The molecule has 3 aromatic carbocycles. The number of rotatable bonds is 2. The summed E-state index contributed by atoms with van der Waals surface area (Å²) in [5.41, 5.74) is 3.77. The Hall–Kier alpha value is -3.65. The van der Waals surface area contributed by atoms with Crippen LogP contribution >= 0.6 is 0 Å². The Balaban J connectivity index is 0.000000420. The Morgan fingerprint density at radius 3 is 2.38 bits per heavy atom. The number of aliphatic hydroxyl groups is 1. The minimum atomic E-state index is -0.900. The highest BCUT2D eigenvalue weighted by Crippen LogP contribution is 2.43. The predicted molar refractivity (Wildman–Crippen MR) is 139 cm³/mol. The molecule has 196 valence electrons. The first kappa shape index (κ1) is 27.9. The van der Waals surface area contributed by atoms with Crippen LogP contribution in [0.5, 0.6) is 5.75 Å². The molecule has 1 aromatic heterocycles. The molecule has 0 atom stereocenters. The average molecular weight is 514 g/mol. The molecule has 0 saturated heterocycles. The molecule has 5 nitrogen and oxygen atoms in total. The average Bonchev–Trinajstić information content (AvgIpc) is 2.81. The van der Waals surface area contributed by atoms with Crippen LogP contribution in [0.25, 0.3) is 32.8 Å². The van der Waals surface area contributed by atoms with Crippen molar-refractivity contribution < 1.29 is 32.9 Å². The van der Waals surface area contributed by atoms with Gasteiger partial charge in [-0.1, -0.05) is 6.92 Å². The first-order chi connectivity index (χ1) is 17.4. The van der Waals surface area contributed by atoms with E-state index in [9.17, 15) is 8.78 Å². The summed E-state index contributed by atoms with van der Waals surface area (Å²) in [6, 6.07) is 7.62. The standard InChI is InChI=1S/C24H18F3NO.C4H10O.CH2O2/c1-3-15-12(2)23(27)22-17(10-14(25)11-18(22)26)21(15)16-4-5-19-20-13(7-9-29-19)6-8-28-24(16)20;1-4(2,3)5;2-1-3/h4-6,8,10-11H,3,7,9H2,1-2H3;5H,1-3H3;1H,(H,2,3). The Morgan fingerprint density at radius 2 is 1.76 bits per heavy atom. The maximum Gasteiger partial charge on any atom is 0.290 e. The monoisotopic (exact) mass is 513 g/mol. The van der Waals surface area contributed by atoms with Gasteiger partial charge in [0.1, 0.15) is 23.2 Å². The molecule has 0 spiro atoms. The minimum absolute atomic E-state index is 0.187. The Kier molecular flexibility index (Phi) is 8.43. The summed E-state index contributed by atoms with van der Waals surface area (Å²) >= 11 is 0. The largest absolute Gasteiger partial charge is 0.493 e. The zero-order chi connectivity index (χ0) is 27.5. The second-order valence-corrected chi connectivity index (χ2v) is 9.64. The molecule has 0 radical (unpaired) electrons. The topological polar surface area (TPSA) is 79.7 Å². The number of fused-ring (bicyclic) bond motifs is 1. The Morgan fingerprint density at radius 1 is 1.11 bits per heavy atom. The fourth-order valence-corrected chi connectivity index (χ4v) is 4.52. The van der Waals surface area contributed by atoms with E-state index < -0.39 is 23.1 Å². The van der Waals surface area contributed by atoms with Gasteiger partial charge in [-0.05, 0) is 86.0 Å². The Bertz CT molecular complexity index is 1450. The number of hydrogen-bond acceptors (Lipinski definition) is 4. The third-order valence-electron chi connectivity index (χ3n) is 5.82. The van der Waals surface area contributed by atoms with Gasteiger partial charge in [0, 0.05) is 29.6 Å². The van der Waals surface area contributed by atoms with Crippen molar-refractivity contribution in [1.29, 1.82) is 0 Å². The molecular weight excluding hydrogens is 483 g/mol. The van der Waals surface area contributed by atoms with Gasteiger partial charge in [-0.25, -0.2) is 13.2 Å². The van der Waals surface area contributed by atoms with Crippen molar-refractivity contribution in [3.05, 3.63) is 70.7 Å². The lowest BCUT2D eigenvalue weighted by Crippen LogP contribution is -2.10. The summed E-state index contributed by atoms with van der Waals surface area (Å²) in [7, 11) is 0. The molecule has 2 N–H and O–H groups in total. The molecule has 0 bridgehead atoms. The minimum Gasteiger partial charge on any atom is -0.493 e. The van der Waals surface area contributed by atoms with Gasteiger partial charge < -0.3 is 14.9 Å². The third kappa shape index (κ3) is 5.85. The lowest BCUT2D eigenvalue weighted by Gasteiger charge is -2.22. The summed E-state index contributed by atoms with van der Waals surface area (Å²) in [6.07, 6.45) is 3.02. The van der Waals surface area contributed by atoms with E-state index in [0.29, 0.717) is 29.7 Å². The van der Waals surface area contributed by atoms with Crippen LogP contribution < -0.4 is 4.74 Å². The van der Waals surface area contributed by atoms with E-state index in [1.807, 2.05) is 25.1 Å². The van der Waals surface area contributed by atoms with Gasteiger partial charge in [-0.2, -0.15) is 0 Å². The van der Waals surface area contributed by atoms with E-state index >= 15 is 4.39 Å². The number of benzene rings is 3. The number of hydrogen-bond donors (Lipinski definition) is 2. The molecule has 0 aliphatic carbocycles. The van der Waals surface area contributed by atoms with Crippen molar-refractivity contribution in [2.24, 2.45) is 0 Å². The van der Waals surface area contributed by atoms with E-state index in [4.69, 9.17) is 19.7 Å². The second-order valence-electron chi connectivity index (χ2n) is 9.64. The molecule has 4 aromatic rings. The summed E-state index contributed by atoms with van der Waals surface area (Å²) in [4.78, 5) is 12.9. The molecule has 5 rings (SSSR count). The zero-order valence-corrected chi connectivity index (χ0v) is 21.5. The SMILES string of the molecule is CC(C)(C)O.CCc1c(C)c(F)c2c(F)cc(F)cc2c1-c1ccc2c3c(ccnc13)CCO2.O=CO. The first-order valence-electron chi connectivity index (χ1n) is 11.9. The highest BCUT2D eigenvalue weighted by molar-refractivity contribution is 6.08. The van der Waals surface area contributed by atoms with Crippen molar-refractivity contribution in [2.75, 3.05) is 6.61 Å². The summed E-state index contributed by atoms with van der Waals surface area (Å²) in [5, 5.41) is 16.4. The lowest BCUT2D eigenvalue weighted by molar-refractivity contribution is -0.122. The number of aromatic nitrogens is 1. The van der Waals surface area contributed by atoms with Crippen molar-refractivity contribution in [1.82, 2.24) is 4.98 Å². The van der Waals surface area contributed by atoms with E-state index in [-0.39, 0.29) is 17.2 Å². The maximum atomic E-state index is 15.0. The summed E-state index contributed by atoms with van der Waals surface area (Å²) in [6.45, 7) is 9.13. The quantitative estimate of drug-likeness (QED) is 0.290. The van der Waals surface area contributed by atoms with Gasteiger partial charge in [-0.15, -0.1) is 0 Å². The van der Waals surface area contributed by atoms with Crippen LogP contribution in [0.1, 0.15) is 44.4 Å². The van der Waals surface area contributed by atoms with Gasteiger partial charge in [-0.3, -0.25) is 9.78 Å². The van der Waals surface area contributed by atoms with Gasteiger partial charge >= 0.3 is 0 Å². The molecular formula is C29H30F3NO4. The molecule has 2 heterocycles. The highest BCUT2D eigenvalue weighted by atomic mass is 19.1. The van der Waals surface area contributed by atoms with E-state index in [2.05, 4.69) is 4.98 Å². The fourth-order valence-electron chi connectivity index (χ4n) is 4.52. The molecule has 1 aliphatic heterocycles. The zero-order valence-electron chi connectivity index (χ0n) is 21.5. The molecule has 0 fully saturated rings. The van der Waals surface area contributed by atoms with Gasteiger partial charge in [0.25, 0.3) is 6.47 Å². The van der Waals surface area contributed by atoms with Gasteiger partial charge in [0.05, 0.1) is 23.1 Å². The van der Waals surface area contributed by atoms with Crippen LogP contribution in [0, 0.1) is 24.4 Å². The maximum absolute atomic E-state index is 15.0. The fraction of sp³-hybridized carbons (Fsp3) is 0.310. The van der Waals surface area contributed by atoms with Crippen molar-refractivity contribution in [3.8, 4) is 16.9 Å². The highest BCUT2D eigenvalue weighted by Gasteiger charge is 2.24. The first-order valence-corrected chi connectivity index (χ1v) is 11.9. The number of nitrogens with zero attached hydrogens (tertiary/aromatic N) is 1. The molecule has 0 amide bonds. The molecule has 0 saturated carbocycles. The molecule has 1 aliphatic rings. The van der Waals surface area contributed by atoms with Crippen LogP contribution in [0.2, 0.25) is 0 Å². The molecule has 0 unspecified atom stereocenters. The smallest absolute Gasteiger partial charge is 0.290 e. The number of ether oxygens (including phenoxy) is 1. The van der Waals surface area contributed by atoms with Crippen LogP contribution in [0.15, 0.2) is 36.5 Å². The molecule has 37 heavy (non-hydrogen) atoms. The van der Waals surface area contributed by atoms with Crippen LogP contribution in [-0.2, 0) is 17.6 Å². The van der Waals surface area contributed by atoms with Crippen LogP contribution in [0.3, 0.4) is 0 Å². The predicted octanol–water partition coefficient (Wildman–Crippen LogP) is 6.76. The summed E-state index contributed by atoms with van der Waals surface area (Å²) < 4.78 is 49.6.